The van der Waals surface area contributed by atoms with Gasteiger partial charge in [-0.25, -0.2) is 9.59 Å². The summed E-state index contributed by atoms with van der Waals surface area (Å²) < 4.78 is -0.839. The molecule has 1 aromatic rings. The van der Waals surface area contributed by atoms with Crippen LogP contribution in [0.5, 0.6) is 0 Å². The van der Waals surface area contributed by atoms with Gasteiger partial charge in [0.1, 0.15) is 6.04 Å². The van der Waals surface area contributed by atoms with Gasteiger partial charge in [-0.15, -0.1) is 0 Å². The Morgan fingerprint density at radius 2 is 1.77 bits per heavy atom. The zero-order chi connectivity index (χ0) is 16.9. The summed E-state index contributed by atoms with van der Waals surface area (Å²) in [5.74, 6) is -2.62. The van der Waals surface area contributed by atoms with Crippen molar-refractivity contribution in [3.63, 3.8) is 0 Å². The molecule has 6 nitrogen and oxygen atoms in total. The van der Waals surface area contributed by atoms with Gasteiger partial charge in [-0.1, -0.05) is 33.7 Å². The molecule has 1 amide bonds. The lowest BCUT2D eigenvalue weighted by atomic mass is 10.0. The first-order valence-corrected chi connectivity index (χ1v) is 8.48. The molecule has 0 radical (unpaired) electrons. The predicted octanol–water partition coefficient (Wildman–Crippen LogP) is 2.49. The van der Waals surface area contributed by atoms with E-state index in [2.05, 4.69) is 5.32 Å². The van der Waals surface area contributed by atoms with Crippen LogP contribution in [0.1, 0.15) is 31.1 Å². The summed E-state index contributed by atoms with van der Waals surface area (Å²) >= 11 is 0. The molecule has 0 saturated carbocycles. The Balaban J connectivity index is 2.90. The number of carbonyl (C=O) groups excluding carboxylic acids is 1. The number of nitrogens with one attached hydrogen (secondary N) is 1. The van der Waals surface area contributed by atoms with Crippen LogP contribution in [0.4, 0.5) is 0 Å². The van der Waals surface area contributed by atoms with Crippen molar-refractivity contribution in [2.45, 2.75) is 36.5 Å². The Bertz CT molecular complexity index is 588. The van der Waals surface area contributed by atoms with Gasteiger partial charge >= 0.3 is 11.9 Å². The van der Waals surface area contributed by atoms with Crippen LogP contribution < -0.4 is 5.32 Å². The quantitative estimate of drug-likeness (QED) is 0.653. The third kappa shape index (κ3) is 4.96. The molecule has 0 aliphatic rings. The monoisotopic (exact) mass is 343 g/mol. The number of amides is 1. The first-order chi connectivity index (χ1) is 10.1. The third-order valence-corrected chi connectivity index (χ3v) is 6.11. The highest BCUT2D eigenvalue weighted by molar-refractivity contribution is 8.77. The van der Waals surface area contributed by atoms with Gasteiger partial charge in [-0.3, -0.25) is 4.79 Å². The molecule has 0 saturated heterocycles. The summed E-state index contributed by atoms with van der Waals surface area (Å²) in [6.07, 6.45) is 0. The predicted molar refractivity (Wildman–Crippen MR) is 86.2 cm³/mol. The molecule has 8 heteroatoms. The van der Waals surface area contributed by atoms with Crippen LogP contribution in [0, 0.1) is 0 Å². The van der Waals surface area contributed by atoms with Crippen molar-refractivity contribution in [1.82, 2.24) is 5.32 Å². The van der Waals surface area contributed by atoms with Gasteiger partial charge < -0.3 is 15.5 Å². The molecule has 1 atom stereocenters. The highest BCUT2D eigenvalue weighted by Crippen LogP contribution is 2.43. The normalized spacial score (nSPS) is 12.5. The van der Waals surface area contributed by atoms with E-state index in [1.165, 1.54) is 34.6 Å². The molecule has 0 fully saturated rings. The maximum atomic E-state index is 11.3. The lowest BCUT2D eigenvalue weighted by Crippen LogP contribution is -2.51. The van der Waals surface area contributed by atoms with Crippen molar-refractivity contribution in [3.05, 3.63) is 29.8 Å². The van der Waals surface area contributed by atoms with Crippen molar-refractivity contribution < 1.29 is 24.6 Å². The molecular formula is C14H17NO5S2. The van der Waals surface area contributed by atoms with Crippen molar-refractivity contribution in [1.29, 1.82) is 0 Å². The van der Waals surface area contributed by atoms with Crippen molar-refractivity contribution in [2.24, 2.45) is 0 Å². The molecule has 3 N–H and O–H groups in total. The second-order valence-electron chi connectivity index (χ2n) is 5.04. The van der Waals surface area contributed by atoms with Gasteiger partial charge in [-0.2, -0.15) is 0 Å². The van der Waals surface area contributed by atoms with Crippen LogP contribution >= 0.6 is 21.6 Å². The Morgan fingerprint density at radius 1 is 1.18 bits per heavy atom. The van der Waals surface area contributed by atoms with E-state index in [1.54, 1.807) is 32.0 Å². The van der Waals surface area contributed by atoms with Gasteiger partial charge in [0.15, 0.2) is 0 Å². The first-order valence-electron chi connectivity index (χ1n) is 6.33. The standard InChI is InChI=1S/C14H17NO5S2/c1-8(16)15-11(13(19)20)14(2,3)22-21-10-7-5-4-6-9(10)12(17)18/h4-7,11H,1-3H3,(H,15,16)(H,17,18)(H,19,20)/t11-/m1/s1. The van der Waals surface area contributed by atoms with Crippen LogP contribution in [-0.4, -0.2) is 38.8 Å². The summed E-state index contributed by atoms with van der Waals surface area (Å²) in [4.78, 5) is 34.2. The molecule has 0 aromatic heterocycles. The molecule has 0 heterocycles. The van der Waals surface area contributed by atoms with Gasteiger partial charge in [0.05, 0.1) is 10.3 Å². The Kier molecular flexibility index (Phi) is 6.31. The molecule has 1 aromatic carbocycles. The number of aliphatic carboxylic acids is 1. The maximum absolute atomic E-state index is 11.3. The van der Waals surface area contributed by atoms with E-state index in [0.717, 1.165) is 0 Å². The van der Waals surface area contributed by atoms with Crippen LogP contribution in [0.3, 0.4) is 0 Å². The summed E-state index contributed by atoms with van der Waals surface area (Å²) in [6.45, 7) is 4.62. The van der Waals surface area contributed by atoms with E-state index < -0.39 is 28.6 Å². The number of carboxylic acids is 2. The average Bonchev–Trinajstić information content (AvgIpc) is 2.42. The number of rotatable bonds is 7. The summed E-state index contributed by atoms with van der Waals surface area (Å²) in [5, 5.41) is 20.8. The minimum absolute atomic E-state index is 0.155. The molecule has 0 aliphatic heterocycles. The topological polar surface area (TPSA) is 104 Å². The fraction of sp³-hybridized carbons (Fsp3) is 0.357. The first kappa shape index (κ1) is 18.4. The smallest absolute Gasteiger partial charge is 0.336 e. The van der Waals surface area contributed by atoms with Crippen molar-refractivity contribution >= 4 is 39.4 Å². The molecule has 0 spiro atoms. The molecule has 0 bridgehead atoms. The van der Waals surface area contributed by atoms with Crippen LogP contribution in [0.25, 0.3) is 0 Å². The minimum atomic E-state index is -1.14. The van der Waals surface area contributed by atoms with E-state index >= 15 is 0 Å². The molecule has 120 valence electrons. The highest BCUT2D eigenvalue weighted by atomic mass is 33.1. The molecule has 22 heavy (non-hydrogen) atoms. The number of aromatic carboxylic acids is 1. The van der Waals surface area contributed by atoms with E-state index in [0.29, 0.717) is 4.90 Å². The van der Waals surface area contributed by atoms with Crippen LogP contribution in [-0.2, 0) is 9.59 Å². The van der Waals surface area contributed by atoms with Gasteiger partial charge in [0.2, 0.25) is 5.91 Å². The van der Waals surface area contributed by atoms with Gasteiger partial charge in [0.25, 0.3) is 0 Å². The van der Waals surface area contributed by atoms with Gasteiger partial charge in [0, 0.05) is 11.8 Å². The number of carbonyl (C=O) groups is 3. The number of benzene rings is 1. The third-order valence-electron chi connectivity index (χ3n) is 2.75. The Hall–Kier alpha value is -1.67. The number of carboxylic acid groups (broad SMARTS) is 2. The summed E-state index contributed by atoms with van der Waals surface area (Å²) in [5.41, 5.74) is 0.155. The van der Waals surface area contributed by atoms with Crippen LogP contribution in [0.15, 0.2) is 29.2 Å². The van der Waals surface area contributed by atoms with Gasteiger partial charge in [-0.05, 0) is 26.0 Å². The van der Waals surface area contributed by atoms with E-state index in [9.17, 15) is 19.5 Å². The SMILES string of the molecule is CC(=O)N[C@H](C(=O)O)C(C)(C)SSc1ccccc1C(=O)O. The van der Waals surface area contributed by atoms with Crippen LogP contribution in [0.2, 0.25) is 0 Å². The fourth-order valence-corrected chi connectivity index (χ4v) is 4.23. The largest absolute Gasteiger partial charge is 0.480 e. The zero-order valence-corrected chi connectivity index (χ0v) is 14.0. The lowest BCUT2D eigenvalue weighted by molar-refractivity contribution is -0.142. The number of hydrogen-bond acceptors (Lipinski definition) is 5. The lowest BCUT2D eigenvalue weighted by Gasteiger charge is -2.30. The fourth-order valence-electron chi connectivity index (χ4n) is 1.65. The summed E-state index contributed by atoms with van der Waals surface area (Å²) in [7, 11) is 2.38. The molecule has 1 rings (SSSR count). The summed E-state index contributed by atoms with van der Waals surface area (Å²) in [6, 6.07) is 5.40. The maximum Gasteiger partial charge on any atom is 0.336 e. The van der Waals surface area contributed by atoms with Crippen molar-refractivity contribution in [3.8, 4) is 0 Å². The second kappa shape index (κ2) is 7.55. The number of hydrogen-bond donors (Lipinski definition) is 3. The van der Waals surface area contributed by atoms with E-state index in [4.69, 9.17) is 5.11 Å². The Morgan fingerprint density at radius 3 is 2.27 bits per heavy atom. The molecule has 0 aliphatic carbocycles. The molecular weight excluding hydrogens is 326 g/mol. The average molecular weight is 343 g/mol. The second-order valence-corrected chi connectivity index (χ2v) is 7.87. The minimum Gasteiger partial charge on any atom is -0.480 e. The zero-order valence-electron chi connectivity index (χ0n) is 12.3. The highest BCUT2D eigenvalue weighted by Gasteiger charge is 2.37. The Labute approximate surface area is 136 Å². The van der Waals surface area contributed by atoms with Crippen molar-refractivity contribution in [2.75, 3.05) is 0 Å². The van der Waals surface area contributed by atoms with E-state index in [-0.39, 0.29) is 5.56 Å². The van der Waals surface area contributed by atoms with E-state index in [1.807, 2.05) is 0 Å². The molecule has 0 unspecified atom stereocenters.